The van der Waals surface area contributed by atoms with E-state index in [9.17, 15) is 0 Å². The normalized spacial score (nSPS) is 22.9. The molecule has 1 aromatic heterocycles. The second-order valence-electron chi connectivity index (χ2n) is 6.39. The number of hydrogen-bond acceptors (Lipinski definition) is 3. The Hall–Kier alpha value is -1.71. The lowest BCUT2D eigenvalue weighted by atomic mass is 10.0. The number of nitrogens with zero attached hydrogens (tertiary/aromatic N) is 2. The van der Waals surface area contributed by atoms with Gasteiger partial charge in [-0.1, -0.05) is 36.4 Å². The van der Waals surface area contributed by atoms with E-state index in [-0.39, 0.29) is 6.04 Å². The fourth-order valence-corrected chi connectivity index (χ4v) is 3.36. The predicted molar refractivity (Wildman–Crippen MR) is 90.8 cm³/mol. The van der Waals surface area contributed by atoms with Gasteiger partial charge in [-0.3, -0.25) is 4.98 Å². The Morgan fingerprint density at radius 2 is 1.82 bits per heavy atom. The molecule has 0 aliphatic heterocycles. The highest BCUT2D eigenvalue weighted by atomic mass is 15.1. The first-order valence-electron chi connectivity index (χ1n) is 8.12. The standard InChI is InChI=1S/C19H25N3/c1-22(2)17-12-11-16(14-17)21-19(15-8-4-3-5-9-15)18-10-6-7-13-20-18/h3-10,13,16-17,19,21H,11-12,14H2,1-2H3. The van der Waals surface area contributed by atoms with E-state index in [1.54, 1.807) is 0 Å². The van der Waals surface area contributed by atoms with Crippen molar-refractivity contribution in [3.8, 4) is 0 Å². The smallest absolute Gasteiger partial charge is 0.0753 e. The second-order valence-corrected chi connectivity index (χ2v) is 6.39. The molecule has 0 bridgehead atoms. The summed E-state index contributed by atoms with van der Waals surface area (Å²) in [4.78, 5) is 6.93. The van der Waals surface area contributed by atoms with Crippen molar-refractivity contribution in [2.45, 2.75) is 37.4 Å². The zero-order valence-electron chi connectivity index (χ0n) is 13.4. The highest BCUT2D eigenvalue weighted by Crippen LogP contribution is 2.27. The second kappa shape index (κ2) is 7.03. The molecule has 22 heavy (non-hydrogen) atoms. The molecule has 1 fully saturated rings. The number of pyridine rings is 1. The van der Waals surface area contributed by atoms with Gasteiger partial charge < -0.3 is 10.2 Å². The molecule has 2 aromatic rings. The third kappa shape index (κ3) is 3.54. The van der Waals surface area contributed by atoms with Crippen LogP contribution in [0.3, 0.4) is 0 Å². The van der Waals surface area contributed by atoms with Gasteiger partial charge in [-0.15, -0.1) is 0 Å². The summed E-state index contributed by atoms with van der Waals surface area (Å²) in [7, 11) is 4.36. The van der Waals surface area contributed by atoms with Gasteiger partial charge in [0.15, 0.2) is 0 Å². The maximum Gasteiger partial charge on any atom is 0.0753 e. The van der Waals surface area contributed by atoms with Gasteiger partial charge in [0.05, 0.1) is 11.7 Å². The van der Waals surface area contributed by atoms with Crippen LogP contribution in [0.2, 0.25) is 0 Å². The number of aromatic nitrogens is 1. The van der Waals surface area contributed by atoms with E-state index >= 15 is 0 Å². The number of benzene rings is 1. The summed E-state index contributed by atoms with van der Waals surface area (Å²) >= 11 is 0. The molecule has 116 valence electrons. The highest BCUT2D eigenvalue weighted by Gasteiger charge is 2.28. The van der Waals surface area contributed by atoms with Crippen LogP contribution in [0.1, 0.15) is 36.6 Å². The Labute approximate surface area is 133 Å². The summed E-state index contributed by atoms with van der Waals surface area (Å²) < 4.78 is 0. The Bertz CT molecular complexity index is 528. The zero-order valence-corrected chi connectivity index (χ0v) is 13.4. The van der Waals surface area contributed by atoms with Gasteiger partial charge in [-0.25, -0.2) is 0 Å². The fraction of sp³-hybridized carbons (Fsp3) is 0.421. The Morgan fingerprint density at radius 3 is 2.45 bits per heavy atom. The molecule has 0 radical (unpaired) electrons. The van der Waals surface area contributed by atoms with Crippen molar-refractivity contribution in [2.24, 2.45) is 0 Å². The van der Waals surface area contributed by atoms with Crippen LogP contribution in [0.25, 0.3) is 0 Å². The molecule has 3 atom stereocenters. The number of nitrogens with one attached hydrogen (secondary N) is 1. The van der Waals surface area contributed by atoms with E-state index in [1.807, 2.05) is 12.3 Å². The summed E-state index contributed by atoms with van der Waals surface area (Å²) in [5.41, 5.74) is 2.39. The van der Waals surface area contributed by atoms with Gasteiger partial charge in [-0.2, -0.15) is 0 Å². The van der Waals surface area contributed by atoms with Crippen LogP contribution in [0.15, 0.2) is 54.7 Å². The van der Waals surface area contributed by atoms with E-state index in [0.29, 0.717) is 12.1 Å². The quantitative estimate of drug-likeness (QED) is 0.918. The first-order valence-corrected chi connectivity index (χ1v) is 8.12. The van der Waals surface area contributed by atoms with E-state index in [4.69, 9.17) is 0 Å². The lowest BCUT2D eigenvalue weighted by Crippen LogP contribution is -2.34. The Morgan fingerprint density at radius 1 is 1.05 bits per heavy atom. The van der Waals surface area contributed by atoms with Gasteiger partial charge in [-0.05, 0) is 51.1 Å². The third-order valence-electron chi connectivity index (χ3n) is 4.65. The SMILES string of the molecule is CN(C)C1CCC(NC(c2ccccc2)c2ccccn2)C1. The van der Waals surface area contributed by atoms with Gasteiger partial charge in [0.1, 0.15) is 0 Å². The maximum atomic E-state index is 4.58. The monoisotopic (exact) mass is 295 g/mol. The average Bonchev–Trinajstić information content (AvgIpc) is 3.03. The number of hydrogen-bond donors (Lipinski definition) is 1. The minimum absolute atomic E-state index is 0.174. The molecule has 3 heteroatoms. The lowest BCUT2D eigenvalue weighted by Gasteiger charge is -2.24. The summed E-state index contributed by atoms with van der Waals surface area (Å²) in [5.74, 6) is 0. The molecular formula is C19H25N3. The molecular weight excluding hydrogens is 270 g/mol. The minimum Gasteiger partial charge on any atom is -0.306 e. The summed E-state index contributed by atoms with van der Waals surface area (Å²) in [6.45, 7) is 0. The lowest BCUT2D eigenvalue weighted by molar-refractivity contribution is 0.291. The van der Waals surface area contributed by atoms with Crippen LogP contribution in [-0.2, 0) is 0 Å². The first-order chi connectivity index (χ1) is 10.7. The molecule has 1 N–H and O–H groups in total. The van der Waals surface area contributed by atoms with E-state index in [0.717, 1.165) is 5.69 Å². The van der Waals surface area contributed by atoms with E-state index < -0.39 is 0 Å². The van der Waals surface area contributed by atoms with Crippen molar-refractivity contribution in [1.29, 1.82) is 0 Å². The van der Waals surface area contributed by atoms with Crippen molar-refractivity contribution in [3.05, 3.63) is 66.0 Å². The molecule has 3 rings (SSSR count). The Kier molecular flexibility index (Phi) is 4.86. The van der Waals surface area contributed by atoms with Gasteiger partial charge in [0.2, 0.25) is 0 Å². The molecule has 1 aromatic carbocycles. The molecule has 3 nitrogen and oxygen atoms in total. The van der Waals surface area contributed by atoms with Crippen molar-refractivity contribution < 1.29 is 0 Å². The summed E-state index contributed by atoms with van der Waals surface area (Å²) in [6.07, 6.45) is 5.60. The van der Waals surface area contributed by atoms with E-state index in [1.165, 1.54) is 24.8 Å². The van der Waals surface area contributed by atoms with Crippen LogP contribution < -0.4 is 5.32 Å². The molecule has 1 aliphatic carbocycles. The molecule has 1 aliphatic rings. The van der Waals surface area contributed by atoms with Crippen molar-refractivity contribution in [3.63, 3.8) is 0 Å². The molecule has 1 heterocycles. The van der Waals surface area contributed by atoms with Gasteiger partial charge >= 0.3 is 0 Å². The van der Waals surface area contributed by atoms with E-state index in [2.05, 4.69) is 71.8 Å². The summed E-state index contributed by atoms with van der Waals surface area (Å²) in [6, 6.07) is 18.2. The van der Waals surface area contributed by atoms with Crippen molar-refractivity contribution in [2.75, 3.05) is 14.1 Å². The van der Waals surface area contributed by atoms with Gasteiger partial charge in [0.25, 0.3) is 0 Å². The van der Waals surface area contributed by atoms with Crippen LogP contribution in [0.5, 0.6) is 0 Å². The van der Waals surface area contributed by atoms with Gasteiger partial charge in [0, 0.05) is 18.3 Å². The topological polar surface area (TPSA) is 28.2 Å². The molecule has 3 unspecified atom stereocenters. The predicted octanol–water partition coefficient (Wildman–Crippen LogP) is 3.24. The fourth-order valence-electron chi connectivity index (χ4n) is 3.36. The maximum absolute atomic E-state index is 4.58. The first kappa shape index (κ1) is 15.2. The number of rotatable bonds is 5. The molecule has 0 spiro atoms. The third-order valence-corrected chi connectivity index (χ3v) is 4.65. The van der Waals surface area contributed by atoms with Crippen LogP contribution in [-0.4, -0.2) is 36.1 Å². The molecule has 0 saturated heterocycles. The van der Waals surface area contributed by atoms with Crippen molar-refractivity contribution >= 4 is 0 Å². The molecule has 0 amide bonds. The van der Waals surface area contributed by atoms with Crippen molar-refractivity contribution in [1.82, 2.24) is 15.2 Å². The van der Waals surface area contributed by atoms with Crippen LogP contribution >= 0.6 is 0 Å². The Balaban J connectivity index is 1.78. The summed E-state index contributed by atoms with van der Waals surface area (Å²) in [5, 5.41) is 3.84. The highest BCUT2D eigenvalue weighted by molar-refractivity contribution is 5.27. The molecule has 1 saturated carbocycles. The zero-order chi connectivity index (χ0) is 15.4. The largest absolute Gasteiger partial charge is 0.306 e. The van der Waals surface area contributed by atoms with Crippen LogP contribution in [0, 0.1) is 0 Å². The minimum atomic E-state index is 0.174. The van der Waals surface area contributed by atoms with Crippen LogP contribution in [0.4, 0.5) is 0 Å². The average molecular weight is 295 g/mol.